The highest BCUT2D eigenvalue weighted by atomic mass is 35.5. The van der Waals surface area contributed by atoms with Crippen LogP contribution in [0.3, 0.4) is 0 Å². The molecule has 0 aliphatic rings. The van der Waals surface area contributed by atoms with Gasteiger partial charge in [-0.25, -0.2) is 4.98 Å². The van der Waals surface area contributed by atoms with Gasteiger partial charge in [0, 0.05) is 12.7 Å². The fourth-order valence-corrected chi connectivity index (χ4v) is 2.09. The van der Waals surface area contributed by atoms with Gasteiger partial charge in [-0.1, -0.05) is 17.7 Å². The van der Waals surface area contributed by atoms with E-state index in [1.54, 1.807) is 24.4 Å². The highest BCUT2D eigenvalue weighted by Crippen LogP contribution is 2.24. The van der Waals surface area contributed by atoms with Crippen LogP contribution in [0.4, 0.5) is 11.5 Å². The molecule has 20 heavy (non-hydrogen) atoms. The Kier molecular flexibility index (Phi) is 4.58. The van der Waals surface area contributed by atoms with Gasteiger partial charge in [0.2, 0.25) is 0 Å². The summed E-state index contributed by atoms with van der Waals surface area (Å²) >= 11 is 6.12. The van der Waals surface area contributed by atoms with E-state index in [9.17, 15) is 4.79 Å². The standard InChI is InChI=1S/C15H16ClN3O/c1-3-17-14-11(5-4-8-18-14)15(20)19-13-7-6-10(2)9-12(13)16/h4-9H,3H2,1-2H3,(H,17,18)(H,19,20). The quantitative estimate of drug-likeness (QED) is 0.902. The molecule has 1 aromatic carbocycles. The molecule has 0 aliphatic heterocycles. The Hall–Kier alpha value is -2.07. The first-order chi connectivity index (χ1) is 9.61. The smallest absolute Gasteiger partial charge is 0.259 e. The summed E-state index contributed by atoms with van der Waals surface area (Å²) in [5.41, 5.74) is 2.13. The lowest BCUT2D eigenvalue weighted by Crippen LogP contribution is -2.15. The highest BCUT2D eigenvalue weighted by molar-refractivity contribution is 6.34. The van der Waals surface area contributed by atoms with Gasteiger partial charge in [0.05, 0.1) is 16.3 Å². The molecule has 0 bridgehead atoms. The van der Waals surface area contributed by atoms with Crippen molar-refractivity contribution in [3.05, 3.63) is 52.7 Å². The fourth-order valence-electron chi connectivity index (χ4n) is 1.81. The third-order valence-corrected chi connectivity index (χ3v) is 3.08. The van der Waals surface area contributed by atoms with Crippen LogP contribution < -0.4 is 10.6 Å². The van der Waals surface area contributed by atoms with Crippen molar-refractivity contribution in [2.75, 3.05) is 17.2 Å². The molecule has 0 radical (unpaired) electrons. The summed E-state index contributed by atoms with van der Waals surface area (Å²) in [6, 6.07) is 8.95. The largest absolute Gasteiger partial charge is 0.370 e. The zero-order valence-electron chi connectivity index (χ0n) is 11.4. The Bertz CT molecular complexity index is 628. The summed E-state index contributed by atoms with van der Waals surface area (Å²) in [4.78, 5) is 16.5. The van der Waals surface area contributed by atoms with Gasteiger partial charge in [-0.3, -0.25) is 4.79 Å². The van der Waals surface area contributed by atoms with E-state index in [1.807, 2.05) is 26.0 Å². The van der Waals surface area contributed by atoms with E-state index in [0.717, 1.165) is 5.56 Å². The second-order valence-corrected chi connectivity index (χ2v) is 4.77. The van der Waals surface area contributed by atoms with Crippen LogP contribution in [0, 0.1) is 6.92 Å². The Morgan fingerprint density at radius 1 is 1.35 bits per heavy atom. The normalized spacial score (nSPS) is 10.2. The van der Waals surface area contributed by atoms with E-state index >= 15 is 0 Å². The molecule has 0 unspecified atom stereocenters. The lowest BCUT2D eigenvalue weighted by Gasteiger charge is -2.11. The van der Waals surface area contributed by atoms with Crippen LogP contribution in [-0.2, 0) is 0 Å². The number of pyridine rings is 1. The number of aryl methyl sites for hydroxylation is 1. The van der Waals surface area contributed by atoms with Crippen LogP contribution in [0.15, 0.2) is 36.5 Å². The molecule has 0 spiro atoms. The minimum atomic E-state index is -0.236. The van der Waals surface area contributed by atoms with Crippen molar-refractivity contribution in [2.24, 2.45) is 0 Å². The molecule has 4 nitrogen and oxygen atoms in total. The molecule has 0 aliphatic carbocycles. The SMILES string of the molecule is CCNc1ncccc1C(=O)Nc1ccc(C)cc1Cl. The summed E-state index contributed by atoms with van der Waals surface area (Å²) in [6.07, 6.45) is 1.65. The van der Waals surface area contributed by atoms with Crippen molar-refractivity contribution in [3.8, 4) is 0 Å². The average molecular weight is 290 g/mol. The molecule has 1 heterocycles. The number of aromatic nitrogens is 1. The van der Waals surface area contributed by atoms with Crippen molar-refractivity contribution < 1.29 is 4.79 Å². The van der Waals surface area contributed by atoms with Crippen LogP contribution in [0.2, 0.25) is 5.02 Å². The molecule has 1 aromatic heterocycles. The molecule has 0 saturated carbocycles. The summed E-state index contributed by atoms with van der Waals surface area (Å²) in [5, 5.41) is 6.38. The molecule has 0 fully saturated rings. The lowest BCUT2D eigenvalue weighted by atomic mass is 10.2. The monoisotopic (exact) mass is 289 g/mol. The Balaban J connectivity index is 2.24. The third kappa shape index (κ3) is 3.27. The molecule has 0 atom stereocenters. The predicted molar refractivity (Wildman–Crippen MR) is 82.5 cm³/mol. The van der Waals surface area contributed by atoms with Gasteiger partial charge in [0.25, 0.3) is 5.91 Å². The predicted octanol–water partition coefficient (Wildman–Crippen LogP) is 3.73. The third-order valence-electron chi connectivity index (χ3n) is 2.77. The van der Waals surface area contributed by atoms with Crippen LogP contribution in [-0.4, -0.2) is 17.4 Å². The Labute approximate surface area is 123 Å². The number of carbonyl (C=O) groups excluding carboxylic acids is 1. The van der Waals surface area contributed by atoms with Crippen molar-refractivity contribution in [1.82, 2.24) is 4.98 Å². The van der Waals surface area contributed by atoms with E-state index in [4.69, 9.17) is 11.6 Å². The number of halogens is 1. The Morgan fingerprint density at radius 3 is 2.85 bits per heavy atom. The van der Waals surface area contributed by atoms with Gasteiger partial charge < -0.3 is 10.6 Å². The lowest BCUT2D eigenvalue weighted by molar-refractivity contribution is 0.102. The number of nitrogens with zero attached hydrogens (tertiary/aromatic N) is 1. The van der Waals surface area contributed by atoms with Crippen LogP contribution >= 0.6 is 11.6 Å². The van der Waals surface area contributed by atoms with E-state index in [-0.39, 0.29) is 5.91 Å². The summed E-state index contributed by atoms with van der Waals surface area (Å²) in [6.45, 7) is 4.59. The minimum absolute atomic E-state index is 0.236. The van der Waals surface area contributed by atoms with Gasteiger partial charge in [-0.15, -0.1) is 0 Å². The molecule has 2 N–H and O–H groups in total. The molecule has 2 aromatic rings. The number of nitrogens with one attached hydrogen (secondary N) is 2. The molecule has 104 valence electrons. The number of benzene rings is 1. The topological polar surface area (TPSA) is 54.0 Å². The van der Waals surface area contributed by atoms with E-state index in [1.165, 1.54) is 0 Å². The van der Waals surface area contributed by atoms with Gasteiger partial charge in [-0.05, 0) is 43.7 Å². The molecular weight excluding hydrogens is 274 g/mol. The fraction of sp³-hybridized carbons (Fsp3) is 0.200. The minimum Gasteiger partial charge on any atom is -0.370 e. The van der Waals surface area contributed by atoms with Gasteiger partial charge in [0.15, 0.2) is 0 Å². The van der Waals surface area contributed by atoms with Gasteiger partial charge >= 0.3 is 0 Å². The first-order valence-electron chi connectivity index (χ1n) is 6.38. The van der Waals surface area contributed by atoms with Gasteiger partial charge in [-0.2, -0.15) is 0 Å². The number of carbonyl (C=O) groups is 1. The number of hydrogen-bond acceptors (Lipinski definition) is 3. The second kappa shape index (κ2) is 6.39. The van der Waals surface area contributed by atoms with E-state index in [0.29, 0.717) is 28.6 Å². The molecule has 1 amide bonds. The van der Waals surface area contributed by atoms with Gasteiger partial charge in [0.1, 0.15) is 5.82 Å². The summed E-state index contributed by atoms with van der Waals surface area (Å²) in [5.74, 6) is 0.329. The zero-order valence-corrected chi connectivity index (χ0v) is 12.2. The maximum absolute atomic E-state index is 12.3. The van der Waals surface area contributed by atoms with Crippen LogP contribution in [0.25, 0.3) is 0 Å². The average Bonchev–Trinajstić information content (AvgIpc) is 2.43. The molecular formula is C15H16ClN3O. The van der Waals surface area contributed by atoms with Crippen molar-refractivity contribution in [3.63, 3.8) is 0 Å². The number of anilines is 2. The zero-order chi connectivity index (χ0) is 14.5. The summed E-state index contributed by atoms with van der Waals surface area (Å²) < 4.78 is 0. The maximum Gasteiger partial charge on any atom is 0.259 e. The first kappa shape index (κ1) is 14.3. The van der Waals surface area contributed by atoms with Crippen molar-refractivity contribution in [1.29, 1.82) is 0 Å². The van der Waals surface area contributed by atoms with Crippen LogP contribution in [0.1, 0.15) is 22.8 Å². The maximum atomic E-state index is 12.3. The number of hydrogen-bond donors (Lipinski definition) is 2. The Morgan fingerprint density at radius 2 is 2.15 bits per heavy atom. The second-order valence-electron chi connectivity index (χ2n) is 4.37. The van der Waals surface area contributed by atoms with Crippen molar-refractivity contribution in [2.45, 2.75) is 13.8 Å². The molecule has 5 heteroatoms. The van der Waals surface area contributed by atoms with E-state index < -0.39 is 0 Å². The van der Waals surface area contributed by atoms with E-state index in [2.05, 4.69) is 15.6 Å². The highest BCUT2D eigenvalue weighted by Gasteiger charge is 2.13. The van der Waals surface area contributed by atoms with Crippen LogP contribution in [0.5, 0.6) is 0 Å². The van der Waals surface area contributed by atoms with Crippen molar-refractivity contribution >= 4 is 29.0 Å². The number of rotatable bonds is 4. The number of amides is 1. The first-order valence-corrected chi connectivity index (χ1v) is 6.76. The molecule has 0 saturated heterocycles. The molecule has 2 rings (SSSR count). The summed E-state index contributed by atoms with van der Waals surface area (Å²) in [7, 11) is 0.